The third kappa shape index (κ3) is 8.93. The predicted octanol–water partition coefficient (Wildman–Crippen LogP) is 6.43. The highest BCUT2D eigenvalue weighted by molar-refractivity contribution is 5.81. The summed E-state index contributed by atoms with van der Waals surface area (Å²) in [6.07, 6.45) is 11.2. The molecule has 0 radical (unpaired) electrons. The van der Waals surface area contributed by atoms with Crippen LogP contribution in [0.15, 0.2) is 0 Å². The van der Waals surface area contributed by atoms with Gasteiger partial charge in [0, 0.05) is 53.8 Å². The number of carbonyl (C=O) groups excluding carboxylic acids is 2. The van der Waals surface area contributed by atoms with Gasteiger partial charge in [0.05, 0.1) is 0 Å². The maximum absolute atomic E-state index is 12.9. The summed E-state index contributed by atoms with van der Waals surface area (Å²) in [4.78, 5) is 27.6. The zero-order valence-corrected chi connectivity index (χ0v) is 23.8. The minimum Gasteiger partial charge on any atom is -0.462 e. The van der Waals surface area contributed by atoms with Crippen LogP contribution in [0.5, 0.6) is 0 Å². The van der Waals surface area contributed by atoms with E-state index in [-0.39, 0.29) is 40.1 Å². The maximum Gasteiger partial charge on any atom is 0.306 e. The number of ketones is 1. The number of ether oxygens (including phenoxy) is 1. The van der Waals surface area contributed by atoms with E-state index < -0.39 is 0 Å². The standard InChI is InChI=1S/C29H54N2O3/c1-26(2)20-23(21-27(3,4)30-26)34-25(33)17-15-13-11-10-12-14-16-24(32)22-18-28(5,6)31(9)29(7,8)19-22/h22-23,30H,10-21H2,1-9H3. The molecule has 0 aromatic carbocycles. The van der Waals surface area contributed by atoms with Gasteiger partial charge >= 0.3 is 5.97 Å². The van der Waals surface area contributed by atoms with Crippen LogP contribution in [-0.4, -0.2) is 52.0 Å². The molecule has 2 rings (SSSR count). The molecule has 2 aliphatic heterocycles. The van der Waals surface area contributed by atoms with E-state index in [4.69, 9.17) is 4.74 Å². The zero-order valence-electron chi connectivity index (χ0n) is 23.8. The molecule has 0 aromatic rings. The number of unbranched alkanes of at least 4 members (excludes halogenated alkanes) is 5. The van der Waals surface area contributed by atoms with Crippen molar-refractivity contribution in [1.82, 2.24) is 10.2 Å². The van der Waals surface area contributed by atoms with Crippen molar-refractivity contribution >= 4 is 11.8 Å². The number of carbonyl (C=O) groups is 2. The van der Waals surface area contributed by atoms with Gasteiger partial charge in [0.15, 0.2) is 0 Å². The van der Waals surface area contributed by atoms with Gasteiger partial charge in [-0.2, -0.15) is 0 Å². The van der Waals surface area contributed by atoms with Gasteiger partial charge in [0.1, 0.15) is 11.9 Å². The predicted molar refractivity (Wildman–Crippen MR) is 141 cm³/mol. The third-order valence-corrected chi connectivity index (χ3v) is 8.27. The minimum absolute atomic E-state index is 0.00613. The van der Waals surface area contributed by atoms with Crippen molar-refractivity contribution in [3.63, 3.8) is 0 Å². The zero-order chi connectivity index (χ0) is 25.8. The van der Waals surface area contributed by atoms with Gasteiger partial charge in [-0.05, 0) is 88.1 Å². The molecule has 2 heterocycles. The second-order valence-corrected chi connectivity index (χ2v) is 13.8. The molecule has 0 aromatic heterocycles. The van der Waals surface area contributed by atoms with Gasteiger partial charge < -0.3 is 10.1 Å². The van der Waals surface area contributed by atoms with Crippen LogP contribution >= 0.6 is 0 Å². The number of nitrogens with one attached hydrogen (secondary N) is 1. The lowest BCUT2D eigenvalue weighted by molar-refractivity contribution is -0.153. The molecule has 0 unspecified atom stereocenters. The van der Waals surface area contributed by atoms with Crippen LogP contribution in [0.4, 0.5) is 0 Å². The summed E-state index contributed by atoms with van der Waals surface area (Å²) in [6.45, 7) is 17.8. The van der Waals surface area contributed by atoms with Crippen LogP contribution in [0.3, 0.4) is 0 Å². The Hall–Kier alpha value is -0.940. The number of piperidine rings is 2. The molecular weight excluding hydrogens is 424 g/mol. The quantitative estimate of drug-likeness (QED) is 0.274. The molecule has 0 atom stereocenters. The Labute approximate surface area is 210 Å². The second-order valence-electron chi connectivity index (χ2n) is 13.8. The SMILES string of the molecule is CN1C(C)(C)CC(C(=O)CCCCCCCCC(=O)OC2CC(C)(C)NC(C)(C)C2)CC1(C)C. The fourth-order valence-corrected chi connectivity index (χ4v) is 6.64. The summed E-state index contributed by atoms with van der Waals surface area (Å²) in [5.41, 5.74) is 0.134. The molecule has 2 fully saturated rings. The number of likely N-dealkylation sites (tertiary alicyclic amines) is 1. The molecule has 5 nitrogen and oxygen atoms in total. The van der Waals surface area contributed by atoms with Gasteiger partial charge in [-0.3, -0.25) is 14.5 Å². The highest BCUT2D eigenvalue weighted by Gasteiger charge is 2.44. The summed E-state index contributed by atoms with van der Waals surface area (Å²) < 4.78 is 5.81. The van der Waals surface area contributed by atoms with Crippen molar-refractivity contribution in [2.75, 3.05) is 7.05 Å². The monoisotopic (exact) mass is 478 g/mol. The average Bonchev–Trinajstić information content (AvgIpc) is 2.64. The van der Waals surface area contributed by atoms with Gasteiger partial charge in [-0.1, -0.05) is 25.7 Å². The third-order valence-electron chi connectivity index (χ3n) is 8.27. The van der Waals surface area contributed by atoms with Crippen LogP contribution < -0.4 is 5.32 Å². The van der Waals surface area contributed by atoms with Crippen LogP contribution in [0, 0.1) is 5.92 Å². The van der Waals surface area contributed by atoms with Crippen molar-refractivity contribution in [3.05, 3.63) is 0 Å². The lowest BCUT2D eigenvalue weighted by Gasteiger charge is -2.53. The van der Waals surface area contributed by atoms with E-state index in [9.17, 15) is 9.59 Å². The number of esters is 1. The lowest BCUT2D eigenvalue weighted by atomic mass is 9.72. The van der Waals surface area contributed by atoms with Gasteiger partial charge in [-0.15, -0.1) is 0 Å². The Morgan fingerprint density at radius 2 is 1.18 bits per heavy atom. The molecular formula is C29H54N2O3. The molecule has 34 heavy (non-hydrogen) atoms. The van der Waals surface area contributed by atoms with Crippen molar-refractivity contribution in [1.29, 1.82) is 0 Å². The first-order valence-electron chi connectivity index (χ1n) is 13.8. The van der Waals surface area contributed by atoms with E-state index in [1.165, 1.54) is 0 Å². The Bertz CT molecular complexity index is 661. The highest BCUT2D eigenvalue weighted by Crippen LogP contribution is 2.41. The molecule has 1 N–H and O–H groups in total. The fraction of sp³-hybridized carbons (Fsp3) is 0.931. The van der Waals surface area contributed by atoms with E-state index in [1.54, 1.807) is 0 Å². The molecule has 0 bridgehead atoms. The minimum atomic E-state index is -0.0481. The topological polar surface area (TPSA) is 58.6 Å². The van der Waals surface area contributed by atoms with Crippen molar-refractivity contribution < 1.29 is 14.3 Å². The number of hydrogen-bond donors (Lipinski definition) is 1. The smallest absolute Gasteiger partial charge is 0.306 e. The lowest BCUT2D eigenvalue weighted by Crippen LogP contribution is -2.59. The summed E-state index contributed by atoms with van der Waals surface area (Å²) in [5, 5.41) is 3.63. The van der Waals surface area contributed by atoms with E-state index in [0.29, 0.717) is 12.2 Å². The van der Waals surface area contributed by atoms with Crippen molar-refractivity contribution in [2.24, 2.45) is 5.92 Å². The summed E-state index contributed by atoms with van der Waals surface area (Å²) in [5.74, 6) is 0.609. The summed E-state index contributed by atoms with van der Waals surface area (Å²) in [7, 11) is 2.19. The maximum atomic E-state index is 12.9. The highest BCUT2D eigenvalue weighted by atomic mass is 16.5. The number of rotatable bonds is 11. The Balaban J connectivity index is 1.56. The number of nitrogens with zero attached hydrogens (tertiary/aromatic N) is 1. The number of hydrogen-bond acceptors (Lipinski definition) is 5. The van der Waals surface area contributed by atoms with Gasteiger partial charge in [0.2, 0.25) is 0 Å². The van der Waals surface area contributed by atoms with Crippen LogP contribution in [0.1, 0.15) is 132 Å². The normalized spacial score (nSPS) is 24.6. The van der Waals surface area contributed by atoms with E-state index in [1.807, 2.05) is 0 Å². The fourth-order valence-electron chi connectivity index (χ4n) is 6.64. The van der Waals surface area contributed by atoms with E-state index in [0.717, 1.165) is 70.6 Å². The second kappa shape index (κ2) is 11.4. The Kier molecular flexibility index (Phi) is 9.83. The molecule has 2 saturated heterocycles. The van der Waals surface area contributed by atoms with Crippen molar-refractivity contribution in [3.8, 4) is 0 Å². The van der Waals surface area contributed by atoms with E-state index in [2.05, 4.69) is 72.7 Å². The molecule has 0 aliphatic carbocycles. The molecule has 5 heteroatoms. The van der Waals surface area contributed by atoms with Crippen LogP contribution in [-0.2, 0) is 14.3 Å². The van der Waals surface area contributed by atoms with Crippen LogP contribution in [0.2, 0.25) is 0 Å². The molecule has 0 amide bonds. The first-order chi connectivity index (χ1) is 15.5. The average molecular weight is 479 g/mol. The largest absolute Gasteiger partial charge is 0.462 e. The molecule has 2 aliphatic rings. The van der Waals surface area contributed by atoms with E-state index >= 15 is 0 Å². The first kappa shape index (κ1) is 29.3. The van der Waals surface area contributed by atoms with Crippen LogP contribution in [0.25, 0.3) is 0 Å². The Morgan fingerprint density at radius 3 is 1.68 bits per heavy atom. The van der Waals surface area contributed by atoms with Gasteiger partial charge in [-0.25, -0.2) is 0 Å². The van der Waals surface area contributed by atoms with Crippen molar-refractivity contribution in [2.45, 2.75) is 161 Å². The molecule has 0 spiro atoms. The molecule has 0 saturated carbocycles. The molecule has 198 valence electrons. The summed E-state index contributed by atoms with van der Waals surface area (Å²) >= 11 is 0. The first-order valence-corrected chi connectivity index (χ1v) is 13.8. The number of Topliss-reactive ketones (excluding diaryl/α,β-unsaturated/α-hetero) is 1. The van der Waals surface area contributed by atoms with Gasteiger partial charge in [0.25, 0.3) is 0 Å². The Morgan fingerprint density at radius 1 is 0.735 bits per heavy atom. The summed E-state index contributed by atoms with van der Waals surface area (Å²) in [6, 6.07) is 0.